The summed E-state index contributed by atoms with van der Waals surface area (Å²) in [6, 6.07) is 0. The van der Waals surface area contributed by atoms with Gasteiger partial charge in [0.15, 0.2) is 17.3 Å². The molecule has 2 aliphatic heterocycles. The maximum Gasteiger partial charge on any atom is 0.341 e. The van der Waals surface area contributed by atoms with Crippen molar-refractivity contribution in [1.29, 1.82) is 0 Å². The lowest BCUT2D eigenvalue weighted by Crippen LogP contribution is -2.74. The molecule has 0 amide bonds. The molecular weight excluding hydrogens is 560 g/mol. The van der Waals surface area contributed by atoms with Crippen molar-refractivity contribution < 1.29 is 67.7 Å². The maximum absolute atomic E-state index is 13.1. The number of carbonyl (C=O) groups is 5. The van der Waals surface area contributed by atoms with Crippen molar-refractivity contribution >= 4 is 29.8 Å². The highest BCUT2D eigenvalue weighted by Crippen LogP contribution is 2.61. The van der Waals surface area contributed by atoms with Crippen molar-refractivity contribution in [1.82, 2.24) is 0 Å². The number of epoxide rings is 1. The predicted octanol–water partition coefficient (Wildman–Crippen LogP) is -0.295. The summed E-state index contributed by atoms with van der Waals surface area (Å²) in [6.45, 7) is 10.2. The second-order valence-electron chi connectivity index (χ2n) is 12.6. The Labute approximate surface area is 242 Å². The van der Waals surface area contributed by atoms with Crippen molar-refractivity contribution in [2.24, 2.45) is 17.3 Å². The Balaban J connectivity index is 2.10. The molecule has 14 heteroatoms. The van der Waals surface area contributed by atoms with Gasteiger partial charge in [0.2, 0.25) is 0 Å². The number of rotatable bonds is 4. The molecule has 13 atom stereocenters. The normalized spacial score (nSPS) is 47.9. The van der Waals surface area contributed by atoms with Gasteiger partial charge in [-0.3, -0.25) is 19.2 Å². The summed E-state index contributed by atoms with van der Waals surface area (Å²) in [5.41, 5.74) is -8.27. The van der Waals surface area contributed by atoms with Gasteiger partial charge in [0.1, 0.15) is 30.5 Å². The molecule has 2 aliphatic carbocycles. The third-order valence-electron chi connectivity index (χ3n) is 9.63. The number of fused-ring (bicyclic) bond motifs is 4. The fourth-order valence-electron chi connectivity index (χ4n) is 7.57. The van der Waals surface area contributed by atoms with Crippen LogP contribution in [0.15, 0.2) is 0 Å². The summed E-state index contributed by atoms with van der Waals surface area (Å²) >= 11 is 0. The van der Waals surface area contributed by atoms with Gasteiger partial charge in [-0.05, 0) is 19.8 Å². The van der Waals surface area contributed by atoms with E-state index in [2.05, 4.69) is 0 Å². The lowest BCUT2D eigenvalue weighted by molar-refractivity contribution is -0.276. The molecule has 0 aromatic heterocycles. The standard InChI is InChI=1S/C28H40O14/c1-11-16(33)9-18(38-13(3)30)26(7)19(11)21(40-15(5)32)28(36)23(41-24(34)27(28,8)35)22-25(6,42-22)10-17(37-12(2)29)20(26)39-14(4)31/h11,16-23,33,35-36H,9-10H2,1-8H3/t11-,16-,17-,18-,19+,20-,21-,22-,23-,25+,26-,27-,28-/m0/s1. The van der Waals surface area contributed by atoms with E-state index in [4.69, 9.17) is 28.4 Å². The molecule has 0 spiro atoms. The van der Waals surface area contributed by atoms with Crippen LogP contribution in [-0.2, 0) is 52.4 Å². The van der Waals surface area contributed by atoms with Crippen LogP contribution in [0.5, 0.6) is 0 Å². The topological polar surface area (TPSA) is 205 Å². The van der Waals surface area contributed by atoms with E-state index in [-0.39, 0.29) is 12.8 Å². The molecular formula is C28H40O14. The van der Waals surface area contributed by atoms with E-state index in [1.165, 1.54) is 6.92 Å². The Morgan fingerprint density at radius 2 is 1.36 bits per heavy atom. The summed E-state index contributed by atoms with van der Waals surface area (Å²) in [7, 11) is 0. The van der Waals surface area contributed by atoms with Gasteiger partial charge in [0.05, 0.1) is 17.1 Å². The molecule has 0 bridgehead atoms. The number of aliphatic hydroxyl groups excluding tert-OH is 1. The van der Waals surface area contributed by atoms with Crippen LogP contribution >= 0.6 is 0 Å². The van der Waals surface area contributed by atoms with E-state index in [1.807, 2.05) is 0 Å². The first-order valence-electron chi connectivity index (χ1n) is 13.9. The summed E-state index contributed by atoms with van der Waals surface area (Å²) in [6.07, 6.45) is -9.96. The molecule has 42 heavy (non-hydrogen) atoms. The minimum absolute atomic E-state index is 0.133. The molecule has 2 saturated heterocycles. The molecule has 14 nitrogen and oxygen atoms in total. The number of aliphatic hydroxyl groups is 3. The summed E-state index contributed by atoms with van der Waals surface area (Å²) in [5.74, 6) is -6.63. The van der Waals surface area contributed by atoms with E-state index in [1.54, 1.807) is 13.8 Å². The van der Waals surface area contributed by atoms with Crippen molar-refractivity contribution in [2.75, 3.05) is 0 Å². The quantitative estimate of drug-likeness (QED) is 0.215. The van der Waals surface area contributed by atoms with Crippen molar-refractivity contribution in [3.63, 3.8) is 0 Å². The molecule has 236 valence electrons. The Morgan fingerprint density at radius 3 is 1.88 bits per heavy atom. The molecule has 4 aliphatic rings. The van der Waals surface area contributed by atoms with E-state index in [0.29, 0.717) is 0 Å². The third-order valence-corrected chi connectivity index (χ3v) is 9.63. The van der Waals surface area contributed by atoms with Crippen molar-refractivity contribution in [3.8, 4) is 0 Å². The Bertz CT molecular complexity index is 1170. The SMILES string of the molecule is CC(=O)O[C@H]1C[C@@]2(C)O[C@H]2[C@@H]2OC(=O)[C@](C)(O)[C@]2(O)[C@@H](OC(C)=O)[C@H]2[C@@H](C)[C@@H](O)C[C@H](OC(C)=O)[C@]2(C)[C@H]1OC(C)=O. The predicted molar refractivity (Wildman–Crippen MR) is 137 cm³/mol. The minimum Gasteiger partial charge on any atom is -0.462 e. The smallest absolute Gasteiger partial charge is 0.341 e. The first-order chi connectivity index (χ1) is 19.2. The van der Waals surface area contributed by atoms with Gasteiger partial charge in [0, 0.05) is 46.5 Å². The van der Waals surface area contributed by atoms with Crippen LogP contribution in [0.3, 0.4) is 0 Å². The van der Waals surface area contributed by atoms with Crippen LogP contribution in [0.25, 0.3) is 0 Å². The average molecular weight is 601 g/mol. The average Bonchev–Trinajstić information content (AvgIpc) is 3.45. The largest absolute Gasteiger partial charge is 0.462 e. The highest BCUT2D eigenvalue weighted by molar-refractivity contribution is 5.84. The molecule has 0 unspecified atom stereocenters. The lowest BCUT2D eigenvalue weighted by atomic mass is 9.51. The van der Waals surface area contributed by atoms with Crippen LogP contribution in [0.2, 0.25) is 0 Å². The zero-order valence-electron chi connectivity index (χ0n) is 24.9. The minimum atomic E-state index is -2.68. The van der Waals surface area contributed by atoms with E-state index >= 15 is 0 Å². The van der Waals surface area contributed by atoms with Gasteiger partial charge < -0.3 is 43.7 Å². The van der Waals surface area contributed by atoms with Crippen molar-refractivity contribution in [3.05, 3.63) is 0 Å². The van der Waals surface area contributed by atoms with E-state index in [0.717, 1.165) is 34.6 Å². The molecule has 0 radical (unpaired) electrons. The fourth-order valence-corrected chi connectivity index (χ4v) is 7.57. The fraction of sp³-hybridized carbons (Fsp3) is 0.821. The molecule has 4 fully saturated rings. The lowest BCUT2D eigenvalue weighted by Gasteiger charge is -2.59. The summed E-state index contributed by atoms with van der Waals surface area (Å²) in [4.78, 5) is 63.2. The van der Waals surface area contributed by atoms with Crippen LogP contribution in [0, 0.1) is 17.3 Å². The van der Waals surface area contributed by atoms with Crippen LogP contribution < -0.4 is 0 Å². The van der Waals surface area contributed by atoms with Gasteiger partial charge in [-0.1, -0.05) is 13.8 Å². The van der Waals surface area contributed by atoms with Crippen LogP contribution in [0.4, 0.5) is 0 Å². The monoisotopic (exact) mass is 600 g/mol. The van der Waals surface area contributed by atoms with Crippen molar-refractivity contribution in [2.45, 2.75) is 128 Å². The van der Waals surface area contributed by atoms with E-state index in [9.17, 15) is 39.3 Å². The first-order valence-corrected chi connectivity index (χ1v) is 13.9. The maximum atomic E-state index is 13.1. The zero-order chi connectivity index (χ0) is 31.7. The molecule has 4 rings (SSSR count). The zero-order valence-corrected chi connectivity index (χ0v) is 24.9. The number of carbonyl (C=O) groups excluding carboxylic acids is 5. The molecule has 3 N–H and O–H groups in total. The first kappa shape index (κ1) is 32.1. The van der Waals surface area contributed by atoms with Gasteiger partial charge in [0.25, 0.3) is 0 Å². The van der Waals surface area contributed by atoms with Gasteiger partial charge >= 0.3 is 29.8 Å². The van der Waals surface area contributed by atoms with E-state index < -0.39 is 107 Å². The van der Waals surface area contributed by atoms with Crippen LogP contribution in [0.1, 0.15) is 68.2 Å². The molecule has 0 aromatic rings. The second kappa shape index (κ2) is 10.4. The van der Waals surface area contributed by atoms with Gasteiger partial charge in [-0.15, -0.1) is 0 Å². The Morgan fingerprint density at radius 1 is 0.833 bits per heavy atom. The summed E-state index contributed by atoms with van der Waals surface area (Å²) in [5, 5.41) is 35.3. The highest BCUT2D eigenvalue weighted by atomic mass is 16.7. The molecule has 2 heterocycles. The summed E-state index contributed by atoms with van der Waals surface area (Å²) < 4.78 is 34.5. The van der Waals surface area contributed by atoms with Gasteiger partial charge in [-0.2, -0.15) is 0 Å². The number of hydrogen-bond donors (Lipinski definition) is 3. The molecule has 2 saturated carbocycles. The van der Waals surface area contributed by atoms with Crippen LogP contribution in [-0.4, -0.2) is 105 Å². The number of hydrogen-bond acceptors (Lipinski definition) is 14. The van der Waals surface area contributed by atoms with Gasteiger partial charge in [-0.25, -0.2) is 4.79 Å². The Kier molecular flexibility index (Phi) is 7.97. The number of ether oxygens (including phenoxy) is 6. The third kappa shape index (κ3) is 4.85. The highest BCUT2D eigenvalue weighted by Gasteiger charge is 2.80. The second-order valence-corrected chi connectivity index (χ2v) is 12.6. The Hall–Kier alpha value is -2.81. The number of esters is 5. The molecule has 0 aromatic carbocycles.